The van der Waals surface area contributed by atoms with Crippen molar-refractivity contribution in [3.05, 3.63) is 58.3 Å². The maximum absolute atomic E-state index is 13.0. The van der Waals surface area contributed by atoms with Crippen LogP contribution in [0.5, 0.6) is 0 Å². The first kappa shape index (κ1) is 16.6. The van der Waals surface area contributed by atoms with Crippen molar-refractivity contribution in [1.29, 1.82) is 0 Å². The molecule has 2 N–H and O–H groups in total. The molecule has 2 aromatic rings. The summed E-state index contributed by atoms with van der Waals surface area (Å²) >= 11 is 3.12. The molecule has 8 heteroatoms. The largest absolute Gasteiger partial charge is 0.322 e. The number of nitrogens with one attached hydrogen (secondary N) is 2. The third-order valence-electron chi connectivity index (χ3n) is 2.87. The number of halogens is 2. The molecule has 0 heterocycles. The van der Waals surface area contributed by atoms with E-state index in [0.717, 1.165) is 0 Å². The highest BCUT2D eigenvalue weighted by atomic mass is 79.9. The highest BCUT2D eigenvalue weighted by molar-refractivity contribution is 9.10. The van der Waals surface area contributed by atoms with Crippen molar-refractivity contribution in [3.63, 3.8) is 0 Å². The van der Waals surface area contributed by atoms with Crippen molar-refractivity contribution < 1.29 is 17.6 Å². The van der Waals surface area contributed by atoms with E-state index in [1.54, 1.807) is 0 Å². The van der Waals surface area contributed by atoms with E-state index in [9.17, 15) is 17.6 Å². The molecular weight excluding hydrogens is 375 g/mol. The molecule has 0 radical (unpaired) electrons. The van der Waals surface area contributed by atoms with Gasteiger partial charge in [0.05, 0.1) is 10.5 Å². The van der Waals surface area contributed by atoms with Gasteiger partial charge in [-0.05, 0) is 65.4 Å². The quantitative estimate of drug-likeness (QED) is 0.847. The fourth-order valence-corrected chi connectivity index (χ4v) is 2.97. The average Bonchev–Trinajstić information content (AvgIpc) is 2.47. The van der Waals surface area contributed by atoms with Crippen LogP contribution in [-0.4, -0.2) is 21.4 Å². The molecule has 2 aromatic carbocycles. The second kappa shape index (κ2) is 6.55. The first-order chi connectivity index (χ1) is 10.3. The van der Waals surface area contributed by atoms with Gasteiger partial charge in [0.15, 0.2) is 0 Å². The zero-order valence-electron chi connectivity index (χ0n) is 11.4. The number of hydrogen-bond acceptors (Lipinski definition) is 3. The molecule has 0 unspecified atom stereocenters. The van der Waals surface area contributed by atoms with Gasteiger partial charge < -0.3 is 5.32 Å². The van der Waals surface area contributed by atoms with Crippen molar-refractivity contribution in [1.82, 2.24) is 4.72 Å². The molecular formula is C14H12BrFN2O3S. The first-order valence-corrected chi connectivity index (χ1v) is 8.41. The summed E-state index contributed by atoms with van der Waals surface area (Å²) in [6.45, 7) is 0. The summed E-state index contributed by atoms with van der Waals surface area (Å²) in [5.41, 5.74) is 0.699. The molecule has 116 valence electrons. The predicted molar refractivity (Wildman–Crippen MR) is 84.7 cm³/mol. The Hall–Kier alpha value is -1.77. The number of carbonyl (C=O) groups excluding carboxylic acids is 1. The number of carbonyl (C=O) groups is 1. The van der Waals surface area contributed by atoms with Gasteiger partial charge >= 0.3 is 0 Å². The van der Waals surface area contributed by atoms with Crippen LogP contribution in [0, 0.1) is 5.82 Å². The Balaban J connectivity index is 2.19. The Bertz CT molecular complexity index is 807. The van der Waals surface area contributed by atoms with Crippen molar-refractivity contribution in [2.75, 3.05) is 12.4 Å². The fraction of sp³-hybridized carbons (Fsp3) is 0.0714. The van der Waals surface area contributed by atoms with Crippen LogP contribution < -0.4 is 10.0 Å². The van der Waals surface area contributed by atoms with E-state index in [4.69, 9.17) is 0 Å². The first-order valence-electron chi connectivity index (χ1n) is 6.13. The van der Waals surface area contributed by atoms with Crippen molar-refractivity contribution >= 4 is 37.5 Å². The molecule has 0 fully saturated rings. The summed E-state index contributed by atoms with van der Waals surface area (Å²) in [6.07, 6.45) is 0. The van der Waals surface area contributed by atoms with E-state index in [-0.39, 0.29) is 10.5 Å². The molecule has 0 bridgehead atoms. The van der Waals surface area contributed by atoms with Gasteiger partial charge in [-0.25, -0.2) is 17.5 Å². The lowest BCUT2D eigenvalue weighted by Crippen LogP contribution is -2.18. The fourth-order valence-electron chi connectivity index (χ4n) is 1.71. The van der Waals surface area contributed by atoms with Crippen LogP contribution in [0.15, 0.2) is 51.8 Å². The van der Waals surface area contributed by atoms with Crippen molar-refractivity contribution in [2.45, 2.75) is 4.90 Å². The Kier molecular flexibility index (Phi) is 4.94. The lowest BCUT2D eigenvalue weighted by atomic mass is 10.2. The summed E-state index contributed by atoms with van der Waals surface area (Å²) < 4.78 is 38.7. The number of anilines is 1. The SMILES string of the molecule is CNS(=O)(=O)c1ccc(NC(=O)c2ccc(F)cc2Br)cc1. The zero-order chi connectivity index (χ0) is 16.3. The second-order valence-electron chi connectivity index (χ2n) is 4.31. The molecule has 22 heavy (non-hydrogen) atoms. The predicted octanol–water partition coefficient (Wildman–Crippen LogP) is 2.75. The van der Waals surface area contributed by atoms with Crippen LogP contribution in [0.4, 0.5) is 10.1 Å². The van der Waals surface area contributed by atoms with Gasteiger partial charge in [-0.15, -0.1) is 0 Å². The molecule has 1 amide bonds. The maximum Gasteiger partial charge on any atom is 0.256 e. The van der Waals surface area contributed by atoms with Gasteiger partial charge in [0.1, 0.15) is 5.82 Å². The molecule has 0 atom stereocenters. The zero-order valence-corrected chi connectivity index (χ0v) is 13.8. The van der Waals surface area contributed by atoms with Crippen molar-refractivity contribution in [2.24, 2.45) is 0 Å². The second-order valence-corrected chi connectivity index (χ2v) is 7.05. The molecule has 0 spiro atoms. The van der Waals surface area contributed by atoms with Gasteiger partial charge in [-0.3, -0.25) is 4.79 Å². The standard InChI is InChI=1S/C14H12BrFN2O3S/c1-17-22(20,21)11-5-3-10(4-6-11)18-14(19)12-7-2-9(16)8-13(12)15/h2-8,17H,1H3,(H,18,19). The summed E-state index contributed by atoms with van der Waals surface area (Å²) in [6, 6.07) is 9.43. The lowest BCUT2D eigenvalue weighted by molar-refractivity contribution is 0.102. The van der Waals surface area contributed by atoms with Gasteiger partial charge in [-0.1, -0.05) is 0 Å². The normalized spacial score (nSPS) is 11.2. The van der Waals surface area contributed by atoms with E-state index in [1.165, 1.54) is 49.5 Å². The average molecular weight is 387 g/mol. The van der Waals surface area contributed by atoms with Crippen molar-refractivity contribution in [3.8, 4) is 0 Å². The van der Waals surface area contributed by atoms with Crippen LogP contribution in [-0.2, 0) is 10.0 Å². The van der Waals surface area contributed by atoms with E-state index >= 15 is 0 Å². The monoisotopic (exact) mass is 386 g/mol. The molecule has 0 aliphatic carbocycles. The minimum Gasteiger partial charge on any atom is -0.322 e. The highest BCUT2D eigenvalue weighted by Gasteiger charge is 2.13. The molecule has 2 rings (SSSR count). The van der Waals surface area contributed by atoms with E-state index < -0.39 is 21.7 Å². The molecule has 0 aliphatic rings. The van der Waals surface area contributed by atoms with Crippen LogP contribution in [0.3, 0.4) is 0 Å². The van der Waals surface area contributed by atoms with Gasteiger partial charge in [0.2, 0.25) is 10.0 Å². The minimum atomic E-state index is -3.52. The van der Waals surface area contributed by atoms with Gasteiger partial charge in [0, 0.05) is 10.2 Å². The smallest absolute Gasteiger partial charge is 0.256 e. The summed E-state index contributed by atoms with van der Waals surface area (Å²) in [5.74, 6) is -0.888. The van der Waals surface area contributed by atoms with Crippen LogP contribution in [0.1, 0.15) is 10.4 Å². The highest BCUT2D eigenvalue weighted by Crippen LogP contribution is 2.20. The van der Waals surface area contributed by atoms with E-state index in [1.807, 2.05) is 0 Å². The Morgan fingerprint density at radius 2 is 1.77 bits per heavy atom. The maximum atomic E-state index is 13.0. The molecule has 0 saturated heterocycles. The van der Waals surface area contributed by atoms with E-state index in [2.05, 4.69) is 26.0 Å². The number of rotatable bonds is 4. The number of hydrogen-bond donors (Lipinski definition) is 2. The van der Waals surface area contributed by atoms with Crippen LogP contribution in [0.25, 0.3) is 0 Å². The van der Waals surface area contributed by atoms with Gasteiger partial charge in [-0.2, -0.15) is 0 Å². The number of sulfonamides is 1. The third-order valence-corrected chi connectivity index (χ3v) is 4.95. The van der Waals surface area contributed by atoms with Crippen LogP contribution in [0.2, 0.25) is 0 Å². The Morgan fingerprint density at radius 1 is 1.14 bits per heavy atom. The minimum absolute atomic E-state index is 0.0935. The lowest BCUT2D eigenvalue weighted by Gasteiger charge is -2.08. The molecule has 5 nitrogen and oxygen atoms in total. The number of amides is 1. The molecule has 0 aliphatic heterocycles. The third kappa shape index (κ3) is 3.70. The molecule has 0 aromatic heterocycles. The van der Waals surface area contributed by atoms with E-state index in [0.29, 0.717) is 10.2 Å². The molecule has 0 saturated carbocycles. The van der Waals surface area contributed by atoms with Gasteiger partial charge in [0.25, 0.3) is 5.91 Å². The number of benzene rings is 2. The summed E-state index contributed by atoms with van der Waals surface area (Å²) in [5, 5.41) is 2.61. The summed E-state index contributed by atoms with van der Waals surface area (Å²) in [7, 11) is -2.20. The summed E-state index contributed by atoms with van der Waals surface area (Å²) in [4.78, 5) is 12.2. The van der Waals surface area contributed by atoms with Crippen LogP contribution >= 0.6 is 15.9 Å². The Morgan fingerprint density at radius 3 is 2.32 bits per heavy atom. The Labute approximate surface area is 135 Å². The topological polar surface area (TPSA) is 75.3 Å².